The van der Waals surface area contributed by atoms with Crippen LogP contribution in [0.15, 0.2) is 63.4 Å². The molecule has 2 amide bonds. The van der Waals surface area contributed by atoms with Gasteiger partial charge in [-0.2, -0.15) is 0 Å². The van der Waals surface area contributed by atoms with Crippen molar-refractivity contribution >= 4 is 56.0 Å². The molecule has 0 aliphatic carbocycles. The molecule has 2 N–H and O–H groups in total. The summed E-state index contributed by atoms with van der Waals surface area (Å²) in [6.45, 7) is 0.591. The van der Waals surface area contributed by atoms with Crippen LogP contribution in [-0.2, 0) is 11.2 Å². The third-order valence-corrected chi connectivity index (χ3v) is 6.14. The van der Waals surface area contributed by atoms with Gasteiger partial charge in [0.05, 0.1) is 5.75 Å². The van der Waals surface area contributed by atoms with Crippen molar-refractivity contribution in [3.05, 3.63) is 70.2 Å². The minimum Gasteiger partial charge on any atom is -0.355 e. The fourth-order valence-electron chi connectivity index (χ4n) is 2.26. The lowest BCUT2D eigenvalue weighted by Gasteiger charge is -2.04. The molecule has 0 aliphatic heterocycles. The third kappa shape index (κ3) is 6.43. The van der Waals surface area contributed by atoms with Gasteiger partial charge in [0, 0.05) is 16.6 Å². The van der Waals surface area contributed by atoms with E-state index in [2.05, 4.69) is 36.8 Å². The monoisotopic (exact) mass is 476 g/mol. The predicted molar refractivity (Wildman–Crippen MR) is 116 cm³/mol. The van der Waals surface area contributed by atoms with Gasteiger partial charge in [-0.1, -0.05) is 69.4 Å². The molecule has 28 heavy (non-hydrogen) atoms. The second-order valence-electron chi connectivity index (χ2n) is 5.71. The van der Waals surface area contributed by atoms with E-state index in [1.54, 1.807) is 24.3 Å². The molecule has 0 aliphatic rings. The Kier molecular flexibility index (Phi) is 7.58. The van der Waals surface area contributed by atoms with Crippen LogP contribution < -0.4 is 10.6 Å². The topological polar surface area (TPSA) is 84.0 Å². The van der Waals surface area contributed by atoms with Crippen molar-refractivity contribution < 1.29 is 9.59 Å². The Labute approximate surface area is 179 Å². The van der Waals surface area contributed by atoms with Gasteiger partial charge >= 0.3 is 0 Å². The number of thioether (sulfide) groups is 1. The molecule has 0 spiro atoms. The second-order valence-corrected chi connectivity index (χ2v) is 8.82. The van der Waals surface area contributed by atoms with Gasteiger partial charge < -0.3 is 5.32 Å². The Morgan fingerprint density at radius 1 is 1.04 bits per heavy atom. The minimum absolute atomic E-state index is 0.0587. The Morgan fingerprint density at radius 2 is 1.79 bits per heavy atom. The summed E-state index contributed by atoms with van der Waals surface area (Å²) in [6.07, 6.45) is 0.794. The second kappa shape index (κ2) is 10.4. The number of nitrogens with one attached hydrogen (secondary N) is 2. The molecular weight excluding hydrogens is 460 g/mol. The first-order chi connectivity index (χ1) is 13.6. The number of nitrogens with zero attached hydrogens (tertiary/aromatic N) is 2. The molecule has 3 aromatic rings. The number of rotatable bonds is 8. The van der Waals surface area contributed by atoms with Crippen molar-refractivity contribution in [3.8, 4) is 0 Å². The molecule has 1 aromatic heterocycles. The van der Waals surface area contributed by atoms with Crippen LogP contribution in [-0.4, -0.2) is 34.3 Å². The van der Waals surface area contributed by atoms with Crippen LogP contribution in [0.2, 0.25) is 0 Å². The quantitative estimate of drug-likeness (QED) is 0.379. The van der Waals surface area contributed by atoms with E-state index in [1.165, 1.54) is 28.7 Å². The first-order valence-electron chi connectivity index (χ1n) is 8.44. The number of carbonyl (C=O) groups is 2. The van der Waals surface area contributed by atoms with Crippen LogP contribution >= 0.6 is 39.0 Å². The Bertz CT molecular complexity index is 933. The van der Waals surface area contributed by atoms with Crippen LogP contribution in [0.3, 0.4) is 0 Å². The minimum atomic E-state index is -0.251. The zero-order valence-electron chi connectivity index (χ0n) is 14.7. The lowest BCUT2D eigenvalue weighted by molar-refractivity contribution is -0.118. The summed E-state index contributed by atoms with van der Waals surface area (Å²) < 4.78 is 1.53. The van der Waals surface area contributed by atoms with E-state index < -0.39 is 0 Å². The fraction of sp³-hybridized carbons (Fsp3) is 0.158. The summed E-state index contributed by atoms with van der Waals surface area (Å²) in [7, 11) is 0. The highest BCUT2D eigenvalue weighted by Gasteiger charge is 2.11. The molecule has 6 nitrogen and oxygen atoms in total. The van der Waals surface area contributed by atoms with Gasteiger partial charge in [-0.05, 0) is 36.2 Å². The molecule has 0 bridgehead atoms. The number of amides is 2. The summed E-state index contributed by atoms with van der Waals surface area (Å²) in [5, 5.41) is 14.0. The maximum absolute atomic E-state index is 12.2. The third-order valence-electron chi connectivity index (χ3n) is 3.64. The molecule has 0 radical (unpaired) electrons. The number of halogens is 1. The largest absolute Gasteiger partial charge is 0.355 e. The Morgan fingerprint density at radius 3 is 2.54 bits per heavy atom. The van der Waals surface area contributed by atoms with Gasteiger partial charge in [-0.3, -0.25) is 14.9 Å². The van der Waals surface area contributed by atoms with E-state index in [-0.39, 0.29) is 17.6 Å². The van der Waals surface area contributed by atoms with E-state index in [0.29, 0.717) is 21.6 Å². The summed E-state index contributed by atoms with van der Waals surface area (Å²) >= 11 is 5.87. The van der Waals surface area contributed by atoms with E-state index in [0.717, 1.165) is 10.9 Å². The van der Waals surface area contributed by atoms with Crippen LogP contribution in [0.4, 0.5) is 5.13 Å². The van der Waals surface area contributed by atoms with Gasteiger partial charge in [0.2, 0.25) is 11.0 Å². The Hall–Kier alpha value is -2.23. The van der Waals surface area contributed by atoms with Gasteiger partial charge in [-0.15, -0.1) is 10.2 Å². The summed E-state index contributed by atoms with van der Waals surface area (Å²) in [5.74, 6) is -0.0557. The number of anilines is 1. The van der Waals surface area contributed by atoms with E-state index in [1.807, 2.05) is 30.3 Å². The summed E-state index contributed by atoms with van der Waals surface area (Å²) in [6, 6.07) is 17.0. The molecule has 0 fully saturated rings. The molecule has 0 unspecified atom stereocenters. The van der Waals surface area contributed by atoms with Crippen molar-refractivity contribution in [3.63, 3.8) is 0 Å². The standard InChI is InChI=1S/C19H17BrN4O2S2/c20-15-8-6-14(7-9-15)17(26)22-18-23-24-19(28-18)27-12-16(25)21-11-10-13-4-2-1-3-5-13/h1-9H,10-12H2,(H,21,25)(H,22,23,26). The summed E-state index contributed by atoms with van der Waals surface area (Å²) in [4.78, 5) is 24.1. The molecule has 1 heterocycles. The van der Waals surface area contributed by atoms with Crippen molar-refractivity contribution in [1.82, 2.24) is 15.5 Å². The molecular formula is C19H17BrN4O2S2. The molecule has 2 aromatic carbocycles. The molecule has 0 saturated heterocycles. The number of hydrogen-bond donors (Lipinski definition) is 2. The maximum atomic E-state index is 12.2. The maximum Gasteiger partial charge on any atom is 0.257 e. The number of hydrogen-bond acceptors (Lipinski definition) is 6. The average Bonchev–Trinajstić information content (AvgIpc) is 3.15. The van der Waals surface area contributed by atoms with E-state index in [9.17, 15) is 9.59 Å². The fourth-order valence-corrected chi connectivity index (χ4v) is 4.10. The van der Waals surface area contributed by atoms with Crippen molar-refractivity contribution in [2.75, 3.05) is 17.6 Å². The highest BCUT2D eigenvalue weighted by atomic mass is 79.9. The lowest BCUT2D eigenvalue weighted by atomic mass is 10.1. The zero-order chi connectivity index (χ0) is 19.8. The van der Waals surface area contributed by atoms with Crippen molar-refractivity contribution in [1.29, 1.82) is 0 Å². The molecule has 0 atom stereocenters. The van der Waals surface area contributed by atoms with Gasteiger partial charge in [-0.25, -0.2) is 0 Å². The van der Waals surface area contributed by atoms with Crippen LogP contribution in [0.1, 0.15) is 15.9 Å². The highest BCUT2D eigenvalue weighted by molar-refractivity contribution is 9.10. The smallest absolute Gasteiger partial charge is 0.257 e. The average molecular weight is 477 g/mol. The normalized spacial score (nSPS) is 10.5. The zero-order valence-corrected chi connectivity index (χ0v) is 17.9. The molecule has 0 saturated carbocycles. The molecule has 3 rings (SSSR count). The molecule has 144 valence electrons. The summed E-state index contributed by atoms with van der Waals surface area (Å²) in [5.41, 5.74) is 1.72. The van der Waals surface area contributed by atoms with E-state index in [4.69, 9.17) is 0 Å². The van der Waals surface area contributed by atoms with Gasteiger partial charge in [0.1, 0.15) is 0 Å². The van der Waals surface area contributed by atoms with Crippen LogP contribution in [0.25, 0.3) is 0 Å². The Balaban J connectivity index is 1.41. The first kappa shape index (κ1) is 20.5. The van der Waals surface area contributed by atoms with Crippen molar-refractivity contribution in [2.45, 2.75) is 10.8 Å². The van der Waals surface area contributed by atoms with Crippen molar-refractivity contribution in [2.24, 2.45) is 0 Å². The predicted octanol–water partition coefficient (Wildman–Crippen LogP) is 4.00. The van der Waals surface area contributed by atoms with Gasteiger partial charge in [0.25, 0.3) is 5.91 Å². The number of aromatic nitrogens is 2. The number of benzene rings is 2. The van der Waals surface area contributed by atoms with Crippen LogP contribution in [0, 0.1) is 0 Å². The number of carbonyl (C=O) groups excluding carboxylic acids is 2. The highest BCUT2D eigenvalue weighted by Crippen LogP contribution is 2.25. The molecule has 9 heteroatoms. The SMILES string of the molecule is O=C(CSc1nnc(NC(=O)c2ccc(Br)cc2)s1)NCCc1ccccc1. The van der Waals surface area contributed by atoms with E-state index >= 15 is 0 Å². The first-order valence-corrected chi connectivity index (χ1v) is 11.0. The van der Waals surface area contributed by atoms with Gasteiger partial charge in [0.15, 0.2) is 4.34 Å². The van der Waals surface area contributed by atoms with Crippen LogP contribution in [0.5, 0.6) is 0 Å². The lowest BCUT2D eigenvalue weighted by Crippen LogP contribution is -2.27.